The van der Waals surface area contributed by atoms with Crippen molar-refractivity contribution in [3.8, 4) is 0 Å². The second kappa shape index (κ2) is 5.60. The zero-order chi connectivity index (χ0) is 16.7. The Morgan fingerprint density at radius 1 is 1.09 bits per heavy atom. The monoisotopic (exact) mass is 318 g/mol. The first-order valence-corrected chi connectivity index (χ1v) is 8.46. The van der Waals surface area contributed by atoms with Gasteiger partial charge in [-0.1, -0.05) is 70.4 Å². The highest BCUT2D eigenvalue weighted by Crippen LogP contribution is 2.51. The highest BCUT2D eigenvalue weighted by atomic mass is 16.8. The van der Waals surface area contributed by atoms with Gasteiger partial charge in [-0.05, 0) is 18.4 Å². The number of aliphatic hydroxyl groups is 1. The van der Waals surface area contributed by atoms with Gasteiger partial charge in [-0.2, -0.15) is 0 Å². The van der Waals surface area contributed by atoms with Crippen molar-refractivity contribution in [1.82, 2.24) is 0 Å². The van der Waals surface area contributed by atoms with Crippen molar-refractivity contribution in [2.45, 2.75) is 70.4 Å². The van der Waals surface area contributed by atoms with Crippen molar-refractivity contribution >= 4 is 5.97 Å². The number of cyclic esters (lactones) is 1. The lowest BCUT2D eigenvalue weighted by Gasteiger charge is -2.44. The summed E-state index contributed by atoms with van der Waals surface area (Å²) in [6, 6.07) is 9.32. The molecule has 1 heterocycles. The second-order valence-corrected chi connectivity index (χ2v) is 7.86. The van der Waals surface area contributed by atoms with Crippen LogP contribution in [0.2, 0.25) is 0 Å². The molecule has 2 aliphatic rings. The van der Waals surface area contributed by atoms with Crippen molar-refractivity contribution in [3.63, 3.8) is 0 Å². The molecule has 0 unspecified atom stereocenters. The molecule has 0 amide bonds. The second-order valence-electron chi connectivity index (χ2n) is 7.86. The van der Waals surface area contributed by atoms with E-state index >= 15 is 0 Å². The van der Waals surface area contributed by atoms with Crippen molar-refractivity contribution in [2.24, 2.45) is 5.41 Å². The van der Waals surface area contributed by atoms with E-state index in [1.807, 2.05) is 51.1 Å². The van der Waals surface area contributed by atoms with E-state index in [1.165, 1.54) is 0 Å². The summed E-state index contributed by atoms with van der Waals surface area (Å²) in [5.41, 5.74) is -2.31. The van der Waals surface area contributed by atoms with Crippen LogP contribution < -0.4 is 0 Å². The predicted octanol–water partition coefficient (Wildman–Crippen LogP) is 3.52. The molecule has 4 nitrogen and oxygen atoms in total. The van der Waals surface area contributed by atoms with Crippen LogP contribution >= 0.6 is 0 Å². The summed E-state index contributed by atoms with van der Waals surface area (Å²) in [6.45, 7) is 5.91. The predicted molar refractivity (Wildman–Crippen MR) is 86.6 cm³/mol. The maximum absolute atomic E-state index is 13.0. The van der Waals surface area contributed by atoms with Gasteiger partial charge >= 0.3 is 5.97 Å². The molecule has 0 bridgehead atoms. The van der Waals surface area contributed by atoms with Crippen LogP contribution in [0.5, 0.6) is 0 Å². The zero-order valence-corrected chi connectivity index (χ0v) is 14.2. The van der Waals surface area contributed by atoms with Crippen LogP contribution in [0, 0.1) is 5.41 Å². The van der Waals surface area contributed by atoms with E-state index in [0.717, 1.165) is 19.3 Å². The largest absolute Gasteiger partial charge is 0.433 e. The highest BCUT2D eigenvalue weighted by molar-refractivity contribution is 5.85. The molecule has 1 aromatic carbocycles. The Kier molecular flexibility index (Phi) is 4.01. The molecule has 1 saturated heterocycles. The Labute approximate surface area is 137 Å². The minimum Gasteiger partial charge on any atom is -0.433 e. The summed E-state index contributed by atoms with van der Waals surface area (Å²) >= 11 is 0. The smallest absolute Gasteiger partial charge is 0.348 e. The van der Waals surface area contributed by atoms with Gasteiger partial charge in [0.1, 0.15) is 5.60 Å². The van der Waals surface area contributed by atoms with Crippen molar-refractivity contribution < 1.29 is 19.4 Å². The minimum absolute atomic E-state index is 0.350. The van der Waals surface area contributed by atoms with E-state index < -0.39 is 23.5 Å². The molecule has 2 atom stereocenters. The SMILES string of the molecule is CC(C)(C)[C@H]1OC(=O)[C@@](c2ccccc2)(C2(O)CCCCC2)O1. The van der Waals surface area contributed by atoms with Crippen LogP contribution in [0.25, 0.3) is 0 Å². The Bertz CT molecular complexity index is 569. The van der Waals surface area contributed by atoms with Gasteiger partial charge in [-0.15, -0.1) is 0 Å². The lowest BCUT2D eigenvalue weighted by atomic mass is 9.69. The molecule has 23 heavy (non-hydrogen) atoms. The van der Waals surface area contributed by atoms with E-state index in [1.54, 1.807) is 0 Å². The van der Waals surface area contributed by atoms with Gasteiger partial charge in [-0.3, -0.25) is 0 Å². The van der Waals surface area contributed by atoms with Crippen LogP contribution in [0.4, 0.5) is 0 Å². The highest BCUT2D eigenvalue weighted by Gasteiger charge is 2.65. The van der Waals surface area contributed by atoms with Crippen LogP contribution in [0.3, 0.4) is 0 Å². The van der Waals surface area contributed by atoms with Gasteiger partial charge in [-0.25, -0.2) is 4.79 Å². The summed E-state index contributed by atoms with van der Waals surface area (Å²) in [5.74, 6) is -0.465. The summed E-state index contributed by atoms with van der Waals surface area (Å²) < 4.78 is 11.8. The number of benzene rings is 1. The number of ether oxygens (including phenoxy) is 2. The first kappa shape index (κ1) is 16.5. The third-order valence-electron chi connectivity index (χ3n) is 5.01. The average Bonchev–Trinajstić information content (AvgIpc) is 2.88. The number of carbonyl (C=O) groups excluding carboxylic acids is 1. The van der Waals surface area contributed by atoms with Crippen LogP contribution in [-0.4, -0.2) is 23.0 Å². The molecule has 1 aliphatic heterocycles. The first-order valence-electron chi connectivity index (χ1n) is 8.46. The summed E-state index contributed by atoms with van der Waals surface area (Å²) in [7, 11) is 0. The first-order chi connectivity index (χ1) is 10.8. The molecule has 2 fully saturated rings. The Morgan fingerprint density at radius 2 is 1.70 bits per heavy atom. The molecule has 1 aromatic rings. The molecular weight excluding hydrogens is 292 g/mol. The fraction of sp³-hybridized carbons (Fsp3) is 0.632. The quantitative estimate of drug-likeness (QED) is 0.848. The molecule has 1 N–H and O–H groups in total. The summed E-state index contributed by atoms with van der Waals surface area (Å²) in [6.07, 6.45) is 3.29. The van der Waals surface area contributed by atoms with Crippen LogP contribution in [0.1, 0.15) is 58.4 Å². The number of hydrogen-bond acceptors (Lipinski definition) is 4. The lowest BCUT2D eigenvalue weighted by molar-refractivity contribution is -0.217. The molecule has 126 valence electrons. The topological polar surface area (TPSA) is 55.8 Å². The Balaban J connectivity index is 2.10. The Morgan fingerprint density at radius 3 is 2.22 bits per heavy atom. The van der Waals surface area contributed by atoms with Crippen LogP contribution in [0.15, 0.2) is 30.3 Å². The standard InChI is InChI=1S/C19H26O4/c1-17(2,3)16-22-15(20)19(23-16,14-10-6-4-7-11-14)18(21)12-8-5-9-13-18/h4,6-7,10-11,16,21H,5,8-9,12-13H2,1-3H3/t16-,19-/m0/s1. The lowest BCUT2D eigenvalue weighted by Crippen LogP contribution is -2.57. The molecule has 0 radical (unpaired) electrons. The molecular formula is C19H26O4. The zero-order valence-electron chi connectivity index (χ0n) is 14.2. The maximum atomic E-state index is 13.0. The number of esters is 1. The van der Waals surface area contributed by atoms with Gasteiger partial charge < -0.3 is 14.6 Å². The maximum Gasteiger partial charge on any atom is 0.348 e. The van der Waals surface area contributed by atoms with Gasteiger partial charge in [0.05, 0.1) is 0 Å². The fourth-order valence-electron chi connectivity index (χ4n) is 3.68. The third-order valence-corrected chi connectivity index (χ3v) is 5.01. The average molecular weight is 318 g/mol. The fourth-order valence-corrected chi connectivity index (χ4v) is 3.68. The molecule has 4 heteroatoms. The van der Waals surface area contributed by atoms with Gasteiger partial charge in [0, 0.05) is 5.41 Å². The van der Waals surface area contributed by atoms with E-state index in [2.05, 4.69) is 0 Å². The molecule has 1 aliphatic carbocycles. The third kappa shape index (κ3) is 2.58. The molecule has 1 saturated carbocycles. The molecule has 3 rings (SSSR count). The van der Waals surface area contributed by atoms with Gasteiger partial charge in [0.25, 0.3) is 0 Å². The Hall–Kier alpha value is -1.39. The number of hydrogen-bond donors (Lipinski definition) is 1. The summed E-state index contributed by atoms with van der Waals surface area (Å²) in [4.78, 5) is 13.0. The number of carbonyl (C=O) groups is 1. The van der Waals surface area contributed by atoms with Crippen molar-refractivity contribution in [1.29, 1.82) is 0 Å². The van der Waals surface area contributed by atoms with E-state index in [-0.39, 0.29) is 5.41 Å². The van der Waals surface area contributed by atoms with Gasteiger partial charge in [0.15, 0.2) is 0 Å². The van der Waals surface area contributed by atoms with Crippen molar-refractivity contribution in [3.05, 3.63) is 35.9 Å². The van der Waals surface area contributed by atoms with Crippen LogP contribution in [-0.2, 0) is 19.9 Å². The normalized spacial score (nSPS) is 31.0. The van der Waals surface area contributed by atoms with E-state index in [9.17, 15) is 9.90 Å². The number of rotatable bonds is 2. The van der Waals surface area contributed by atoms with E-state index in [4.69, 9.17) is 9.47 Å². The van der Waals surface area contributed by atoms with E-state index in [0.29, 0.717) is 18.4 Å². The van der Waals surface area contributed by atoms with Crippen molar-refractivity contribution in [2.75, 3.05) is 0 Å². The summed E-state index contributed by atoms with van der Waals surface area (Å²) in [5, 5.41) is 11.4. The molecule has 0 aromatic heterocycles. The van der Waals surface area contributed by atoms with Gasteiger partial charge in [0.2, 0.25) is 11.9 Å². The minimum atomic E-state index is -1.42. The molecule has 0 spiro atoms.